The van der Waals surface area contributed by atoms with E-state index in [1.54, 1.807) is 0 Å². The molecule has 4 aliphatic rings. The number of allylic oxidation sites excluding steroid dienone is 4. The van der Waals surface area contributed by atoms with Crippen molar-refractivity contribution in [1.82, 2.24) is 0 Å². The topological polar surface area (TPSA) is 3.24 Å². The maximum atomic E-state index is 2.68. The summed E-state index contributed by atoms with van der Waals surface area (Å²) >= 11 is 0. The highest BCUT2D eigenvalue weighted by atomic mass is 15.2. The zero-order valence-corrected chi connectivity index (χ0v) is 31.1. The van der Waals surface area contributed by atoms with Crippen LogP contribution in [0.3, 0.4) is 0 Å². The summed E-state index contributed by atoms with van der Waals surface area (Å²) in [6, 6.07) is 47.8. The van der Waals surface area contributed by atoms with Crippen molar-refractivity contribution in [2.24, 2.45) is 0 Å². The minimum atomic E-state index is -0.255. The van der Waals surface area contributed by atoms with E-state index in [1.165, 1.54) is 95.0 Å². The molecule has 0 spiro atoms. The number of anilines is 3. The Kier molecular flexibility index (Phi) is 6.52. The standard InChI is InChI=1S/C51H45N/c1-49(2)37-27-16-13-24-34(37)43-40(49)30-19-31-41(43)52(33-22-11-8-12-23-33)48-46-44(35-25-14-17-28-38(35)50(46,3)4)42(32-20-9-7-10-21-32)45-36-26-15-18-29-39(36)51(5,6)47(45)48/h7-14,16-17,19-31H,15,18H2,1-6H3. The van der Waals surface area contributed by atoms with Crippen molar-refractivity contribution >= 4 is 22.6 Å². The molecule has 0 saturated carbocycles. The van der Waals surface area contributed by atoms with E-state index in [-0.39, 0.29) is 16.2 Å². The van der Waals surface area contributed by atoms with Crippen LogP contribution in [0, 0.1) is 0 Å². The van der Waals surface area contributed by atoms with Crippen LogP contribution in [0.1, 0.15) is 87.8 Å². The highest BCUT2D eigenvalue weighted by Crippen LogP contribution is 2.67. The third-order valence-corrected chi connectivity index (χ3v) is 12.8. The van der Waals surface area contributed by atoms with E-state index in [0.29, 0.717) is 0 Å². The average molecular weight is 672 g/mol. The normalized spacial score (nSPS) is 17.6. The van der Waals surface area contributed by atoms with Gasteiger partial charge in [-0.2, -0.15) is 0 Å². The summed E-state index contributed by atoms with van der Waals surface area (Å²) in [7, 11) is 0. The Hall–Kier alpha value is -5.40. The fourth-order valence-electron chi connectivity index (χ4n) is 10.5. The third-order valence-electron chi connectivity index (χ3n) is 12.8. The van der Waals surface area contributed by atoms with Gasteiger partial charge in [0.1, 0.15) is 0 Å². The van der Waals surface area contributed by atoms with Crippen LogP contribution >= 0.6 is 0 Å². The van der Waals surface area contributed by atoms with Gasteiger partial charge in [0, 0.05) is 27.5 Å². The minimum absolute atomic E-state index is 0.106. The maximum Gasteiger partial charge on any atom is 0.0556 e. The number of para-hydroxylation sites is 1. The molecular formula is C51H45N. The SMILES string of the molecule is CC1(C)C2=CCCC=C2c2c(-c3ccccc3)c3c(c(N(c4ccccc4)c4cccc5c4-c4ccccc4C5(C)C)c21)C(C)(C)c1ccccc1-3. The molecule has 0 aliphatic heterocycles. The first-order valence-electron chi connectivity index (χ1n) is 19.0. The molecule has 0 saturated heterocycles. The molecular weight excluding hydrogens is 627 g/mol. The van der Waals surface area contributed by atoms with E-state index >= 15 is 0 Å². The van der Waals surface area contributed by atoms with Gasteiger partial charge in [0.2, 0.25) is 0 Å². The number of nitrogens with zero attached hydrogens (tertiary/aromatic N) is 1. The van der Waals surface area contributed by atoms with Gasteiger partial charge in [-0.05, 0) is 103 Å². The molecule has 0 unspecified atom stereocenters. The fourth-order valence-corrected chi connectivity index (χ4v) is 10.5. The first-order chi connectivity index (χ1) is 25.1. The highest BCUT2D eigenvalue weighted by molar-refractivity contribution is 6.11. The lowest BCUT2D eigenvalue weighted by Crippen LogP contribution is -2.26. The van der Waals surface area contributed by atoms with Crippen molar-refractivity contribution in [3.05, 3.63) is 178 Å². The number of hydrogen-bond acceptors (Lipinski definition) is 1. The monoisotopic (exact) mass is 671 g/mol. The van der Waals surface area contributed by atoms with Gasteiger partial charge in [-0.3, -0.25) is 0 Å². The lowest BCUT2D eigenvalue weighted by molar-refractivity contribution is 0.637. The summed E-state index contributed by atoms with van der Waals surface area (Å²) in [6.45, 7) is 14.7. The van der Waals surface area contributed by atoms with Crippen LogP contribution in [0.2, 0.25) is 0 Å². The average Bonchev–Trinajstić information content (AvgIpc) is 3.66. The Balaban J connectivity index is 1.44. The summed E-state index contributed by atoms with van der Waals surface area (Å²) in [4.78, 5) is 2.68. The molecule has 1 nitrogen and oxygen atoms in total. The Morgan fingerprint density at radius 2 is 1.00 bits per heavy atom. The molecule has 0 aromatic heterocycles. The van der Waals surface area contributed by atoms with Crippen LogP contribution in [0.15, 0.2) is 145 Å². The summed E-state index contributed by atoms with van der Waals surface area (Å²) in [5.41, 5.74) is 22.7. The van der Waals surface area contributed by atoms with Crippen LogP contribution in [0.25, 0.3) is 39.0 Å². The number of rotatable bonds is 4. The third kappa shape index (κ3) is 4.00. The van der Waals surface area contributed by atoms with Crippen LogP contribution in [-0.2, 0) is 16.2 Å². The summed E-state index contributed by atoms with van der Waals surface area (Å²) < 4.78 is 0. The fraction of sp³-hybridized carbons (Fsp3) is 0.216. The second kappa shape index (κ2) is 10.8. The van der Waals surface area contributed by atoms with E-state index in [0.717, 1.165) is 12.8 Å². The molecule has 0 bridgehead atoms. The van der Waals surface area contributed by atoms with Gasteiger partial charge in [-0.15, -0.1) is 0 Å². The quantitative estimate of drug-likeness (QED) is 0.180. The van der Waals surface area contributed by atoms with E-state index in [1.807, 2.05) is 0 Å². The van der Waals surface area contributed by atoms with Crippen LogP contribution in [0.4, 0.5) is 17.1 Å². The zero-order valence-electron chi connectivity index (χ0n) is 31.1. The van der Waals surface area contributed by atoms with Crippen LogP contribution < -0.4 is 4.90 Å². The van der Waals surface area contributed by atoms with Gasteiger partial charge < -0.3 is 4.90 Å². The van der Waals surface area contributed by atoms with Gasteiger partial charge in [0.05, 0.1) is 11.4 Å². The molecule has 254 valence electrons. The van der Waals surface area contributed by atoms with E-state index in [9.17, 15) is 0 Å². The maximum absolute atomic E-state index is 2.68. The molecule has 10 rings (SSSR count). The summed E-state index contributed by atoms with van der Waals surface area (Å²) in [5.74, 6) is 0. The molecule has 0 radical (unpaired) electrons. The molecule has 0 atom stereocenters. The second-order valence-electron chi connectivity index (χ2n) is 16.7. The second-order valence-corrected chi connectivity index (χ2v) is 16.7. The molecule has 4 aliphatic carbocycles. The zero-order chi connectivity index (χ0) is 35.6. The molecule has 6 aromatic carbocycles. The molecule has 1 heteroatoms. The highest BCUT2D eigenvalue weighted by Gasteiger charge is 2.51. The molecule has 0 fully saturated rings. The van der Waals surface area contributed by atoms with E-state index < -0.39 is 0 Å². The Morgan fingerprint density at radius 1 is 0.442 bits per heavy atom. The Morgan fingerprint density at radius 3 is 1.71 bits per heavy atom. The van der Waals surface area contributed by atoms with Crippen molar-refractivity contribution in [1.29, 1.82) is 0 Å². The van der Waals surface area contributed by atoms with Gasteiger partial charge >= 0.3 is 0 Å². The largest absolute Gasteiger partial charge is 0.309 e. The molecule has 6 aromatic rings. The summed E-state index contributed by atoms with van der Waals surface area (Å²) in [6.07, 6.45) is 7.24. The summed E-state index contributed by atoms with van der Waals surface area (Å²) in [5, 5.41) is 0. The predicted octanol–water partition coefficient (Wildman–Crippen LogP) is 13.8. The van der Waals surface area contributed by atoms with Gasteiger partial charge in [-0.1, -0.05) is 163 Å². The molecule has 52 heavy (non-hydrogen) atoms. The van der Waals surface area contributed by atoms with Gasteiger partial charge in [0.25, 0.3) is 0 Å². The lowest BCUT2D eigenvalue weighted by atomic mass is 9.74. The van der Waals surface area contributed by atoms with E-state index in [4.69, 9.17) is 0 Å². The molecule has 0 heterocycles. The minimum Gasteiger partial charge on any atom is -0.309 e. The number of fused-ring (bicyclic) bond motifs is 9. The lowest BCUT2D eigenvalue weighted by Gasteiger charge is -2.38. The van der Waals surface area contributed by atoms with E-state index in [2.05, 4.69) is 186 Å². The number of hydrogen-bond donors (Lipinski definition) is 0. The molecule has 0 amide bonds. The number of benzene rings is 6. The van der Waals surface area contributed by atoms with Gasteiger partial charge in [0.15, 0.2) is 0 Å². The van der Waals surface area contributed by atoms with Crippen molar-refractivity contribution in [2.45, 2.75) is 70.6 Å². The van der Waals surface area contributed by atoms with Crippen LogP contribution in [-0.4, -0.2) is 0 Å². The van der Waals surface area contributed by atoms with Crippen molar-refractivity contribution in [3.63, 3.8) is 0 Å². The molecule has 0 N–H and O–H groups in total. The Bertz CT molecular complexity index is 2520. The van der Waals surface area contributed by atoms with Crippen molar-refractivity contribution in [3.8, 4) is 33.4 Å². The van der Waals surface area contributed by atoms with Crippen molar-refractivity contribution in [2.75, 3.05) is 4.90 Å². The van der Waals surface area contributed by atoms with Crippen LogP contribution in [0.5, 0.6) is 0 Å². The first kappa shape index (κ1) is 31.3. The smallest absolute Gasteiger partial charge is 0.0556 e. The Labute approximate surface area is 309 Å². The first-order valence-corrected chi connectivity index (χ1v) is 19.0. The van der Waals surface area contributed by atoms with Gasteiger partial charge in [-0.25, -0.2) is 0 Å². The van der Waals surface area contributed by atoms with Crippen molar-refractivity contribution < 1.29 is 0 Å². The predicted molar refractivity (Wildman–Crippen MR) is 220 cm³/mol.